The third kappa shape index (κ3) is 9.78. The quantitative estimate of drug-likeness (QED) is 0.254. The summed E-state index contributed by atoms with van der Waals surface area (Å²) < 4.78 is 107. The Morgan fingerprint density at radius 3 is 1.10 bits per heavy atom. The lowest BCUT2D eigenvalue weighted by Gasteiger charge is -2.24. The molecule has 29 heavy (non-hydrogen) atoms. The van der Waals surface area contributed by atoms with Gasteiger partial charge >= 0.3 is 23.2 Å². The van der Waals surface area contributed by atoms with Crippen LogP contribution in [0.5, 0.6) is 0 Å². The van der Waals surface area contributed by atoms with Gasteiger partial charge in [0.2, 0.25) is 15.0 Å². The van der Waals surface area contributed by atoms with Crippen LogP contribution in [0.2, 0.25) is 0 Å². The Morgan fingerprint density at radius 2 is 0.759 bits per heavy atom. The molecule has 0 aromatic carbocycles. The molecule has 0 aliphatic carbocycles. The molecule has 0 amide bonds. The molecule has 1 rings (SSSR count). The molecule has 0 radical (unpaired) electrons. The van der Waals surface area contributed by atoms with E-state index in [1.54, 1.807) is 0 Å². The highest BCUT2D eigenvalue weighted by Crippen LogP contribution is 2.80. The molecule has 1 aliphatic rings. The van der Waals surface area contributed by atoms with Crippen molar-refractivity contribution >= 4 is 38.3 Å². The number of rotatable bonds is 6. The van der Waals surface area contributed by atoms with Gasteiger partial charge in [0.1, 0.15) is 0 Å². The average molecular weight is 527 g/mol. The first-order valence-electron chi connectivity index (χ1n) is 8.46. The molecule has 18 heteroatoms. The maximum atomic E-state index is 15.6. The standard InChI is InChI=1S/C11H27F5N5O3P5/c1-9(2)22-27(14)18-25(7,12)17-26(8,13)19-28(15,23-10(3)4)21-29(16,20-27)24-11(5)6/h9-11H,1-8H3. The number of hydrogen-bond donors (Lipinski definition) is 0. The monoisotopic (exact) mass is 527 g/mol. The van der Waals surface area contributed by atoms with Crippen molar-refractivity contribution in [3.8, 4) is 0 Å². The van der Waals surface area contributed by atoms with Crippen molar-refractivity contribution in [3.05, 3.63) is 0 Å². The molecule has 5 unspecified atom stereocenters. The molecule has 0 spiro atoms. The average Bonchev–Trinajstić information content (AvgIpc) is 2.26. The van der Waals surface area contributed by atoms with Gasteiger partial charge in [0, 0.05) is 13.3 Å². The predicted molar refractivity (Wildman–Crippen MR) is 113 cm³/mol. The van der Waals surface area contributed by atoms with Crippen LogP contribution >= 0.6 is 38.3 Å². The third-order valence-corrected chi connectivity index (χ3v) is 14.9. The second-order valence-electron chi connectivity index (χ2n) is 6.95. The van der Waals surface area contributed by atoms with Gasteiger partial charge in [-0.3, -0.25) is 0 Å². The van der Waals surface area contributed by atoms with E-state index < -0.39 is 56.6 Å². The minimum absolute atomic E-state index is 0.718. The molecule has 8 nitrogen and oxygen atoms in total. The van der Waals surface area contributed by atoms with Crippen LogP contribution in [0.25, 0.3) is 0 Å². The fraction of sp³-hybridized carbons (Fsp3) is 1.00. The van der Waals surface area contributed by atoms with Crippen LogP contribution in [0.3, 0.4) is 0 Å². The molecule has 0 N–H and O–H groups in total. The summed E-state index contributed by atoms with van der Waals surface area (Å²) >= 11 is 0. The zero-order chi connectivity index (χ0) is 22.9. The van der Waals surface area contributed by atoms with Crippen LogP contribution in [0.1, 0.15) is 41.5 Å². The lowest BCUT2D eigenvalue weighted by Crippen LogP contribution is -2.01. The summed E-state index contributed by atoms with van der Waals surface area (Å²) in [5.74, 6) is 0. The van der Waals surface area contributed by atoms with Crippen LogP contribution in [-0.2, 0) is 13.6 Å². The van der Waals surface area contributed by atoms with Gasteiger partial charge in [0.05, 0.1) is 18.3 Å². The Hall–Kier alpha value is 0.680. The summed E-state index contributed by atoms with van der Waals surface area (Å²) in [6.45, 7) is 9.70. The van der Waals surface area contributed by atoms with Crippen molar-refractivity contribution in [1.29, 1.82) is 0 Å². The molecule has 1 aliphatic heterocycles. The molecule has 174 valence electrons. The second-order valence-corrected chi connectivity index (χ2v) is 17.2. The van der Waals surface area contributed by atoms with E-state index >= 15 is 12.6 Å². The highest BCUT2D eigenvalue weighted by atomic mass is 31.3. The maximum Gasteiger partial charge on any atom is 0.388 e. The normalized spacial score (nSPS) is 41.2. The minimum atomic E-state index is -5.18. The lowest BCUT2D eigenvalue weighted by atomic mass is 10.5. The van der Waals surface area contributed by atoms with Gasteiger partial charge < -0.3 is 13.6 Å². The van der Waals surface area contributed by atoms with E-state index in [0.717, 1.165) is 13.3 Å². The van der Waals surface area contributed by atoms with Crippen molar-refractivity contribution < 1.29 is 34.6 Å². The summed E-state index contributed by atoms with van der Waals surface area (Å²) in [7, 11) is -24.6. The second kappa shape index (κ2) is 9.67. The Labute approximate surface area is 169 Å². The van der Waals surface area contributed by atoms with Gasteiger partial charge in [-0.05, 0) is 41.5 Å². The molecule has 0 saturated heterocycles. The van der Waals surface area contributed by atoms with Gasteiger partial charge in [-0.15, -0.1) is 9.03 Å². The van der Waals surface area contributed by atoms with E-state index in [0.29, 0.717) is 0 Å². The van der Waals surface area contributed by atoms with E-state index in [1.165, 1.54) is 41.5 Å². The maximum absolute atomic E-state index is 15.6. The summed E-state index contributed by atoms with van der Waals surface area (Å²) in [5.41, 5.74) is 0. The topological polar surface area (TPSA) is 89.5 Å². The zero-order valence-corrected chi connectivity index (χ0v) is 21.8. The lowest BCUT2D eigenvalue weighted by molar-refractivity contribution is 0.239. The summed E-state index contributed by atoms with van der Waals surface area (Å²) in [6.07, 6.45) is -2.72. The fourth-order valence-corrected chi connectivity index (χ4v) is 14.7. The van der Waals surface area contributed by atoms with Gasteiger partial charge in [-0.25, -0.2) is 0 Å². The van der Waals surface area contributed by atoms with Crippen molar-refractivity contribution in [2.24, 2.45) is 22.6 Å². The Morgan fingerprint density at radius 1 is 0.483 bits per heavy atom. The first-order chi connectivity index (χ1) is 12.8. The van der Waals surface area contributed by atoms with Crippen molar-refractivity contribution in [2.45, 2.75) is 59.9 Å². The van der Waals surface area contributed by atoms with E-state index in [9.17, 15) is 8.39 Å². The van der Waals surface area contributed by atoms with Gasteiger partial charge in [0.25, 0.3) is 0 Å². The van der Waals surface area contributed by atoms with Gasteiger partial charge in [-0.1, -0.05) is 0 Å². The van der Waals surface area contributed by atoms with Gasteiger partial charge in [0.15, 0.2) is 0 Å². The largest absolute Gasteiger partial charge is 0.388 e. The van der Waals surface area contributed by atoms with Gasteiger partial charge in [-0.2, -0.15) is 34.5 Å². The summed E-state index contributed by atoms with van der Waals surface area (Å²) in [5, 5.41) is 0. The molecule has 0 aromatic heterocycles. The van der Waals surface area contributed by atoms with Crippen LogP contribution in [-0.4, -0.2) is 31.6 Å². The Bertz CT molecular complexity index is 876. The minimum Gasteiger partial charge on any atom is -0.300 e. The molecule has 0 aromatic rings. The smallest absolute Gasteiger partial charge is 0.300 e. The Balaban J connectivity index is 4.14. The molecular formula is C11H27F5N5O3P5. The number of hydrogen-bond acceptors (Lipinski definition) is 8. The Kier molecular flexibility index (Phi) is 9.24. The highest BCUT2D eigenvalue weighted by Gasteiger charge is 2.39. The van der Waals surface area contributed by atoms with Crippen molar-refractivity contribution in [2.75, 3.05) is 13.3 Å². The third-order valence-electron chi connectivity index (χ3n) is 2.35. The SMILES string of the molecule is CC(C)OP1(F)=NP(C)(F)=NP(C)(F)=NP(F)(OC(C)C)=NP(F)(OC(C)C)=N1. The summed E-state index contributed by atoms with van der Waals surface area (Å²) in [4.78, 5) is 0. The van der Waals surface area contributed by atoms with Crippen molar-refractivity contribution in [3.63, 3.8) is 0 Å². The van der Waals surface area contributed by atoms with E-state index in [2.05, 4.69) is 22.6 Å². The fourth-order valence-electron chi connectivity index (χ4n) is 1.99. The van der Waals surface area contributed by atoms with Crippen molar-refractivity contribution in [1.82, 2.24) is 0 Å². The zero-order valence-electron chi connectivity index (χ0n) is 17.3. The van der Waals surface area contributed by atoms with E-state index in [-0.39, 0.29) is 0 Å². The summed E-state index contributed by atoms with van der Waals surface area (Å²) in [6, 6.07) is 0. The first-order valence-corrected chi connectivity index (χ1v) is 17.0. The molecule has 1 heterocycles. The van der Waals surface area contributed by atoms with Crippen LogP contribution < -0.4 is 0 Å². The van der Waals surface area contributed by atoms with Crippen LogP contribution in [0, 0.1) is 0 Å². The number of halogens is 5. The number of nitrogens with zero attached hydrogens (tertiary/aromatic N) is 5. The molecule has 0 fully saturated rings. The highest BCUT2D eigenvalue weighted by molar-refractivity contribution is 7.80. The molecule has 0 bridgehead atoms. The van der Waals surface area contributed by atoms with E-state index in [4.69, 9.17) is 13.6 Å². The molecule has 0 saturated carbocycles. The van der Waals surface area contributed by atoms with E-state index in [1.807, 2.05) is 0 Å². The molecular weight excluding hydrogens is 500 g/mol. The van der Waals surface area contributed by atoms with Crippen LogP contribution in [0.15, 0.2) is 22.6 Å². The predicted octanol–water partition coefficient (Wildman–Crippen LogP) is 10.3. The first kappa shape index (κ1) is 27.7. The molecule has 5 atom stereocenters. The van der Waals surface area contributed by atoms with Crippen LogP contribution in [0.4, 0.5) is 21.0 Å².